The topological polar surface area (TPSA) is 26.3 Å². The van der Waals surface area contributed by atoms with Crippen molar-refractivity contribution in [1.29, 1.82) is 0 Å². The zero-order valence-electron chi connectivity index (χ0n) is 16.2. The molecule has 0 rings (SSSR count). The van der Waals surface area contributed by atoms with Crippen LogP contribution in [0, 0.1) is 5.92 Å². The lowest BCUT2D eigenvalue weighted by Gasteiger charge is -2.17. The molecule has 0 N–H and O–H groups in total. The highest BCUT2D eigenvalue weighted by molar-refractivity contribution is 5.69. The van der Waals surface area contributed by atoms with Gasteiger partial charge in [0.25, 0.3) is 0 Å². The highest BCUT2D eigenvalue weighted by atomic mass is 16.5. The summed E-state index contributed by atoms with van der Waals surface area (Å²) in [6, 6.07) is 0. The Morgan fingerprint density at radius 2 is 1.17 bits per heavy atom. The minimum atomic E-state index is 0.00774. The molecule has 0 fully saturated rings. The van der Waals surface area contributed by atoms with Crippen LogP contribution >= 0.6 is 0 Å². The summed E-state index contributed by atoms with van der Waals surface area (Å²) in [5.41, 5.74) is 0. The number of esters is 1. The van der Waals surface area contributed by atoms with Crippen molar-refractivity contribution in [3.8, 4) is 0 Å². The van der Waals surface area contributed by atoms with Crippen molar-refractivity contribution in [2.45, 2.75) is 117 Å². The van der Waals surface area contributed by atoms with E-state index in [9.17, 15) is 4.79 Å². The second-order valence-electron chi connectivity index (χ2n) is 7.06. The maximum atomic E-state index is 11.7. The lowest BCUT2D eigenvalue weighted by Crippen LogP contribution is -2.14. The average molecular weight is 327 g/mol. The third-order valence-electron chi connectivity index (χ3n) is 4.65. The van der Waals surface area contributed by atoms with E-state index >= 15 is 0 Å². The third-order valence-corrected chi connectivity index (χ3v) is 4.65. The zero-order chi connectivity index (χ0) is 17.2. The van der Waals surface area contributed by atoms with Crippen molar-refractivity contribution in [1.82, 2.24) is 0 Å². The molecule has 0 amide bonds. The summed E-state index contributed by atoms with van der Waals surface area (Å²) in [7, 11) is 0. The molecular formula is C21H42O2. The highest BCUT2D eigenvalue weighted by Crippen LogP contribution is 2.19. The van der Waals surface area contributed by atoms with Crippen molar-refractivity contribution < 1.29 is 9.53 Å². The fourth-order valence-electron chi connectivity index (χ4n) is 2.99. The van der Waals surface area contributed by atoms with Gasteiger partial charge in [0.2, 0.25) is 0 Å². The molecule has 0 aliphatic heterocycles. The van der Waals surface area contributed by atoms with Crippen LogP contribution in [0.15, 0.2) is 0 Å². The molecule has 0 radical (unpaired) electrons. The molecule has 1 unspecified atom stereocenters. The fraction of sp³-hybridized carbons (Fsp3) is 0.952. The number of hydrogen-bond donors (Lipinski definition) is 0. The van der Waals surface area contributed by atoms with Crippen LogP contribution in [0.5, 0.6) is 0 Å². The first kappa shape index (κ1) is 22.5. The Kier molecular flexibility index (Phi) is 17.4. The van der Waals surface area contributed by atoms with Crippen LogP contribution in [-0.2, 0) is 9.53 Å². The van der Waals surface area contributed by atoms with Gasteiger partial charge in [-0.25, -0.2) is 0 Å². The molecule has 0 aromatic rings. The Hall–Kier alpha value is -0.530. The molecule has 23 heavy (non-hydrogen) atoms. The quantitative estimate of drug-likeness (QED) is 0.211. The minimum Gasteiger partial charge on any atom is -0.465 e. The van der Waals surface area contributed by atoms with Gasteiger partial charge in [-0.15, -0.1) is 0 Å². The SMILES string of the molecule is CCCCCCCCC(CCCCCC)COC(=O)CCCC. The van der Waals surface area contributed by atoms with Gasteiger partial charge in [0.15, 0.2) is 0 Å². The molecule has 0 saturated heterocycles. The molecule has 0 heterocycles. The second-order valence-corrected chi connectivity index (χ2v) is 7.06. The van der Waals surface area contributed by atoms with E-state index in [-0.39, 0.29) is 5.97 Å². The fourth-order valence-corrected chi connectivity index (χ4v) is 2.99. The van der Waals surface area contributed by atoms with Crippen LogP contribution in [0.4, 0.5) is 0 Å². The number of rotatable bonds is 17. The van der Waals surface area contributed by atoms with Crippen LogP contribution in [0.3, 0.4) is 0 Å². The predicted molar refractivity (Wildman–Crippen MR) is 101 cm³/mol. The monoisotopic (exact) mass is 326 g/mol. The van der Waals surface area contributed by atoms with Gasteiger partial charge in [-0.1, -0.05) is 91.4 Å². The molecule has 0 aromatic heterocycles. The summed E-state index contributed by atoms with van der Waals surface area (Å²) < 4.78 is 5.52. The van der Waals surface area contributed by atoms with Crippen molar-refractivity contribution in [2.75, 3.05) is 6.61 Å². The number of carbonyl (C=O) groups excluding carboxylic acids is 1. The van der Waals surface area contributed by atoms with Gasteiger partial charge in [-0.2, -0.15) is 0 Å². The zero-order valence-corrected chi connectivity index (χ0v) is 16.2. The van der Waals surface area contributed by atoms with Gasteiger partial charge >= 0.3 is 5.97 Å². The van der Waals surface area contributed by atoms with E-state index in [1.54, 1.807) is 0 Å². The lowest BCUT2D eigenvalue weighted by molar-refractivity contribution is -0.145. The summed E-state index contributed by atoms with van der Waals surface area (Å²) >= 11 is 0. The van der Waals surface area contributed by atoms with E-state index in [2.05, 4.69) is 20.8 Å². The van der Waals surface area contributed by atoms with E-state index in [1.807, 2.05) is 0 Å². The molecule has 1 atom stereocenters. The maximum absolute atomic E-state index is 11.7. The van der Waals surface area contributed by atoms with Gasteiger partial charge in [0.1, 0.15) is 0 Å². The number of hydrogen-bond acceptors (Lipinski definition) is 2. The van der Waals surface area contributed by atoms with Gasteiger partial charge in [-0.3, -0.25) is 4.79 Å². The van der Waals surface area contributed by atoms with Crippen molar-refractivity contribution in [3.63, 3.8) is 0 Å². The van der Waals surface area contributed by atoms with Crippen LogP contribution in [0.2, 0.25) is 0 Å². The minimum absolute atomic E-state index is 0.00774. The average Bonchev–Trinajstić information content (AvgIpc) is 2.56. The van der Waals surface area contributed by atoms with Crippen molar-refractivity contribution in [2.24, 2.45) is 5.92 Å². The van der Waals surface area contributed by atoms with Gasteiger partial charge < -0.3 is 4.74 Å². The summed E-state index contributed by atoms with van der Waals surface area (Å²) in [6.45, 7) is 7.29. The standard InChI is InChI=1S/C21H42O2/c1-4-7-10-12-13-15-17-20(16-14-11-8-5-2)19-23-21(22)18-9-6-3/h20H,4-19H2,1-3H3. The third kappa shape index (κ3) is 16.1. The van der Waals surface area contributed by atoms with E-state index in [0.29, 0.717) is 18.9 Å². The van der Waals surface area contributed by atoms with E-state index in [1.165, 1.54) is 77.0 Å². The molecule has 0 aliphatic rings. The van der Waals surface area contributed by atoms with Gasteiger partial charge in [0, 0.05) is 6.42 Å². The molecular weight excluding hydrogens is 284 g/mol. The Balaban J connectivity index is 3.90. The summed E-state index contributed by atoms with van der Waals surface area (Å²) in [5, 5.41) is 0. The van der Waals surface area contributed by atoms with Crippen molar-refractivity contribution >= 4 is 5.97 Å². The molecule has 138 valence electrons. The number of unbranched alkanes of at least 4 members (excludes halogenated alkanes) is 9. The Morgan fingerprint density at radius 3 is 1.74 bits per heavy atom. The Labute approximate surface area is 145 Å². The smallest absolute Gasteiger partial charge is 0.305 e. The molecule has 0 aliphatic carbocycles. The van der Waals surface area contributed by atoms with E-state index < -0.39 is 0 Å². The summed E-state index contributed by atoms with van der Waals surface area (Å²) in [4.78, 5) is 11.7. The highest BCUT2D eigenvalue weighted by Gasteiger charge is 2.12. The van der Waals surface area contributed by atoms with Crippen LogP contribution in [0.25, 0.3) is 0 Å². The largest absolute Gasteiger partial charge is 0.465 e. The Morgan fingerprint density at radius 1 is 0.696 bits per heavy atom. The van der Waals surface area contributed by atoms with Crippen LogP contribution in [0.1, 0.15) is 117 Å². The predicted octanol–water partition coefficient (Wildman–Crippen LogP) is 7.06. The van der Waals surface area contributed by atoms with E-state index in [0.717, 1.165) is 12.8 Å². The van der Waals surface area contributed by atoms with Crippen LogP contribution in [-0.4, -0.2) is 12.6 Å². The first-order valence-electron chi connectivity index (χ1n) is 10.4. The molecule has 2 nitrogen and oxygen atoms in total. The first-order chi connectivity index (χ1) is 11.2. The maximum Gasteiger partial charge on any atom is 0.305 e. The molecule has 0 bridgehead atoms. The lowest BCUT2D eigenvalue weighted by atomic mass is 9.95. The summed E-state index contributed by atoms with van der Waals surface area (Å²) in [6.07, 6.45) is 18.4. The van der Waals surface area contributed by atoms with Crippen LogP contribution < -0.4 is 0 Å². The summed E-state index contributed by atoms with van der Waals surface area (Å²) in [5.74, 6) is 0.594. The number of carbonyl (C=O) groups is 1. The second kappa shape index (κ2) is 17.8. The molecule has 0 spiro atoms. The van der Waals surface area contributed by atoms with Crippen molar-refractivity contribution in [3.05, 3.63) is 0 Å². The van der Waals surface area contributed by atoms with E-state index in [4.69, 9.17) is 4.74 Å². The molecule has 2 heteroatoms. The molecule has 0 aromatic carbocycles. The molecule has 0 saturated carbocycles. The van der Waals surface area contributed by atoms with Gasteiger partial charge in [-0.05, 0) is 25.2 Å². The number of ether oxygens (including phenoxy) is 1. The first-order valence-corrected chi connectivity index (χ1v) is 10.4. The normalized spacial score (nSPS) is 12.3. The Bertz CT molecular complexity index is 250. The van der Waals surface area contributed by atoms with Gasteiger partial charge in [0.05, 0.1) is 6.61 Å².